The van der Waals surface area contributed by atoms with Crippen LogP contribution in [0.1, 0.15) is 12.6 Å². The number of nitrogen functional groups attached to an aromatic ring is 1. The van der Waals surface area contributed by atoms with Gasteiger partial charge in [0, 0.05) is 6.07 Å². The molecule has 0 amide bonds. The number of nitrogens with zero attached hydrogens (tertiary/aromatic N) is 1. The number of nitrogens with two attached hydrogens (primary N) is 1. The van der Waals surface area contributed by atoms with Crippen molar-refractivity contribution in [2.45, 2.75) is 13.3 Å². The molecule has 2 nitrogen and oxygen atoms in total. The van der Waals surface area contributed by atoms with Crippen molar-refractivity contribution in [2.75, 3.05) is 5.73 Å². The number of hydrogen-bond donors (Lipinski definition) is 1. The van der Waals surface area contributed by atoms with Crippen LogP contribution in [0.15, 0.2) is 6.07 Å². The lowest BCUT2D eigenvalue weighted by atomic mass is 10.3. The van der Waals surface area contributed by atoms with E-state index >= 15 is 0 Å². The Labute approximate surface area is 69.2 Å². The van der Waals surface area contributed by atoms with Gasteiger partial charge < -0.3 is 5.73 Å². The van der Waals surface area contributed by atoms with Crippen molar-refractivity contribution in [3.8, 4) is 0 Å². The first-order chi connectivity index (χ1) is 5.15. The maximum Gasteiger partial charge on any atom is 0.152 e. The summed E-state index contributed by atoms with van der Waals surface area (Å²) in [6.45, 7) is 1.80. The summed E-state index contributed by atoms with van der Waals surface area (Å²) >= 11 is 5.56. The van der Waals surface area contributed by atoms with Crippen molar-refractivity contribution < 1.29 is 4.39 Å². The van der Waals surface area contributed by atoms with Crippen molar-refractivity contribution in [2.24, 2.45) is 0 Å². The van der Waals surface area contributed by atoms with Crippen LogP contribution in [0.2, 0.25) is 5.15 Å². The van der Waals surface area contributed by atoms with Gasteiger partial charge in [0.15, 0.2) is 5.15 Å². The Hall–Kier alpha value is -0.830. The molecule has 0 aliphatic heterocycles. The highest BCUT2D eigenvalue weighted by atomic mass is 35.5. The molecule has 1 aromatic heterocycles. The molecule has 0 fully saturated rings. The Kier molecular flexibility index (Phi) is 2.29. The van der Waals surface area contributed by atoms with Crippen LogP contribution in [0.4, 0.5) is 10.1 Å². The van der Waals surface area contributed by atoms with E-state index in [9.17, 15) is 4.39 Å². The zero-order chi connectivity index (χ0) is 8.43. The lowest BCUT2D eigenvalue weighted by molar-refractivity contribution is 0.603. The Balaban J connectivity index is 3.21. The number of halogens is 2. The average Bonchev–Trinajstić information content (AvgIpc) is 1.97. The van der Waals surface area contributed by atoms with Gasteiger partial charge in [-0.3, -0.25) is 0 Å². The van der Waals surface area contributed by atoms with Crippen LogP contribution in [-0.2, 0) is 6.42 Å². The fourth-order valence-electron chi connectivity index (χ4n) is 0.764. The van der Waals surface area contributed by atoms with Crippen molar-refractivity contribution in [1.82, 2.24) is 4.98 Å². The molecule has 0 aliphatic rings. The second kappa shape index (κ2) is 3.05. The van der Waals surface area contributed by atoms with Crippen LogP contribution in [0.25, 0.3) is 0 Å². The van der Waals surface area contributed by atoms with E-state index < -0.39 is 5.82 Å². The number of anilines is 1. The number of aryl methyl sites for hydroxylation is 1. The molecule has 0 unspecified atom stereocenters. The number of aromatic nitrogens is 1. The minimum atomic E-state index is -0.394. The average molecular weight is 175 g/mol. The molecule has 0 aromatic carbocycles. The Morgan fingerprint density at radius 2 is 2.36 bits per heavy atom. The summed E-state index contributed by atoms with van der Waals surface area (Å²) in [7, 11) is 0. The zero-order valence-electron chi connectivity index (χ0n) is 6.06. The van der Waals surface area contributed by atoms with Gasteiger partial charge in [0.25, 0.3) is 0 Å². The van der Waals surface area contributed by atoms with Crippen LogP contribution in [-0.4, -0.2) is 4.98 Å². The predicted octanol–water partition coefficient (Wildman–Crippen LogP) is 2.02. The van der Waals surface area contributed by atoms with E-state index in [0.717, 1.165) is 0 Å². The van der Waals surface area contributed by atoms with E-state index in [4.69, 9.17) is 17.3 Å². The van der Waals surface area contributed by atoms with E-state index in [0.29, 0.717) is 12.1 Å². The summed E-state index contributed by atoms with van der Waals surface area (Å²) in [5, 5.41) is 0.170. The third-order valence-corrected chi connectivity index (χ3v) is 1.67. The van der Waals surface area contributed by atoms with Crippen molar-refractivity contribution >= 4 is 17.3 Å². The summed E-state index contributed by atoms with van der Waals surface area (Å²) in [4.78, 5) is 3.76. The molecular formula is C7H8ClFN2. The molecule has 0 aliphatic carbocycles. The minimum absolute atomic E-state index is 0.170. The molecule has 0 saturated heterocycles. The predicted molar refractivity (Wildman–Crippen MR) is 43.0 cm³/mol. The standard InChI is InChI=1S/C7H8ClFN2/c1-2-6-4(9)3-5(10)7(8)11-6/h3H,2,10H2,1H3. The number of hydrogen-bond acceptors (Lipinski definition) is 2. The largest absolute Gasteiger partial charge is 0.396 e. The van der Waals surface area contributed by atoms with Crippen LogP contribution in [0, 0.1) is 5.82 Å². The maximum atomic E-state index is 12.8. The highest BCUT2D eigenvalue weighted by molar-refractivity contribution is 6.31. The molecule has 2 N–H and O–H groups in total. The normalized spacial score (nSPS) is 10.1. The first kappa shape index (κ1) is 8.27. The summed E-state index contributed by atoms with van der Waals surface area (Å²) in [5.41, 5.74) is 5.84. The minimum Gasteiger partial charge on any atom is -0.396 e. The summed E-state index contributed by atoms with van der Waals surface area (Å²) in [6, 6.07) is 1.19. The van der Waals surface area contributed by atoms with E-state index in [1.165, 1.54) is 6.07 Å². The van der Waals surface area contributed by atoms with Crippen LogP contribution < -0.4 is 5.73 Å². The summed E-state index contributed by atoms with van der Waals surface area (Å²) in [6.07, 6.45) is 0.520. The molecule has 4 heteroatoms. The van der Waals surface area contributed by atoms with Gasteiger partial charge in [-0.2, -0.15) is 0 Å². The van der Waals surface area contributed by atoms with E-state index in [-0.39, 0.29) is 10.8 Å². The molecule has 0 saturated carbocycles. The van der Waals surface area contributed by atoms with Crippen LogP contribution in [0.3, 0.4) is 0 Å². The highest BCUT2D eigenvalue weighted by Gasteiger charge is 2.05. The second-order valence-corrected chi connectivity index (χ2v) is 2.51. The molecule has 1 aromatic rings. The molecule has 60 valence electrons. The fourth-order valence-corrected chi connectivity index (χ4v) is 0.920. The molecule has 1 rings (SSSR count). The molecule has 11 heavy (non-hydrogen) atoms. The van der Waals surface area contributed by atoms with Gasteiger partial charge in [-0.1, -0.05) is 18.5 Å². The molecule has 0 bridgehead atoms. The summed E-state index contributed by atoms with van der Waals surface area (Å²) < 4.78 is 12.8. The van der Waals surface area contributed by atoms with Crippen LogP contribution >= 0.6 is 11.6 Å². The van der Waals surface area contributed by atoms with Gasteiger partial charge in [0.2, 0.25) is 0 Å². The van der Waals surface area contributed by atoms with E-state index in [1.807, 2.05) is 0 Å². The molecular weight excluding hydrogens is 167 g/mol. The monoisotopic (exact) mass is 174 g/mol. The second-order valence-electron chi connectivity index (χ2n) is 2.15. The van der Waals surface area contributed by atoms with Gasteiger partial charge in [-0.05, 0) is 6.42 Å². The number of pyridine rings is 1. The topological polar surface area (TPSA) is 38.9 Å². The molecule has 0 atom stereocenters. The van der Waals surface area contributed by atoms with E-state index in [1.54, 1.807) is 6.92 Å². The zero-order valence-corrected chi connectivity index (χ0v) is 6.82. The van der Waals surface area contributed by atoms with Crippen molar-refractivity contribution in [3.05, 3.63) is 22.7 Å². The third kappa shape index (κ3) is 1.60. The first-order valence-electron chi connectivity index (χ1n) is 3.25. The van der Waals surface area contributed by atoms with Crippen LogP contribution in [0.5, 0.6) is 0 Å². The van der Waals surface area contributed by atoms with Gasteiger partial charge in [0.1, 0.15) is 5.82 Å². The van der Waals surface area contributed by atoms with Gasteiger partial charge in [0.05, 0.1) is 11.4 Å². The SMILES string of the molecule is CCc1nc(Cl)c(N)cc1F. The fraction of sp³-hybridized carbons (Fsp3) is 0.286. The lowest BCUT2D eigenvalue weighted by Crippen LogP contribution is -1.97. The Morgan fingerprint density at radius 1 is 1.73 bits per heavy atom. The van der Waals surface area contributed by atoms with Crippen molar-refractivity contribution in [1.29, 1.82) is 0 Å². The lowest BCUT2D eigenvalue weighted by Gasteiger charge is -2.01. The van der Waals surface area contributed by atoms with Gasteiger partial charge >= 0.3 is 0 Å². The molecule has 0 radical (unpaired) electrons. The van der Waals surface area contributed by atoms with Crippen molar-refractivity contribution in [3.63, 3.8) is 0 Å². The number of rotatable bonds is 1. The van der Waals surface area contributed by atoms with Gasteiger partial charge in [-0.15, -0.1) is 0 Å². The summed E-state index contributed by atoms with van der Waals surface area (Å²) in [5.74, 6) is -0.394. The third-order valence-electron chi connectivity index (χ3n) is 1.36. The van der Waals surface area contributed by atoms with Gasteiger partial charge in [-0.25, -0.2) is 9.37 Å². The smallest absolute Gasteiger partial charge is 0.152 e. The molecule has 0 spiro atoms. The van der Waals surface area contributed by atoms with E-state index in [2.05, 4.69) is 4.98 Å². The maximum absolute atomic E-state index is 12.8. The first-order valence-corrected chi connectivity index (χ1v) is 3.63. The Bertz CT molecular complexity index is 275. The molecule has 1 heterocycles. The quantitative estimate of drug-likeness (QED) is 0.662. The highest BCUT2D eigenvalue weighted by Crippen LogP contribution is 2.18. The Morgan fingerprint density at radius 3 is 2.91 bits per heavy atom.